The zero-order valence-electron chi connectivity index (χ0n) is 9.73. The van der Waals surface area contributed by atoms with Crippen LogP contribution in [0.2, 0.25) is 0 Å². The Morgan fingerprint density at radius 1 is 1.69 bits per heavy atom. The van der Waals surface area contributed by atoms with Gasteiger partial charge in [0.1, 0.15) is 5.69 Å². The van der Waals surface area contributed by atoms with Crippen molar-refractivity contribution >= 4 is 5.91 Å². The number of piperidine rings is 1. The Kier molecular flexibility index (Phi) is 3.24. The molecule has 0 aromatic carbocycles. The van der Waals surface area contributed by atoms with E-state index >= 15 is 0 Å². The van der Waals surface area contributed by atoms with Crippen molar-refractivity contribution in [1.82, 2.24) is 20.4 Å². The SMILES string of the molecule is CC1CC(NC(=O)c2ccn(C)n2)CCN1. The van der Waals surface area contributed by atoms with Crippen molar-refractivity contribution in [3.63, 3.8) is 0 Å². The molecule has 1 aliphatic heterocycles. The third kappa shape index (κ3) is 2.61. The van der Waals surface area contributed by atoms with Gasteiger partial charge in [-0.3, -0.25) is 9.48 Å². The van der Waals surface area contributed by atoms with Gasteiger partial charge in [-0.15, -0.1) is 0 Å². The van der Waals surface area contributed by atoms with Gasteiger partial charge in [0.05, 0.1) is 0 Å². The maximum absolute atomic E-state index is 11.8. The number of hydrogen-bond donors (Lipinski definition) is 2. The van der Waals surface area contributed by atoms with E-state index in [-0.39, 0.29) is 11.9 Å². The van der Waals surface area contributed by atoms with E-state index in [2.05, 4.69) is 22.7 Å². The van der Waals surface area contributed by atoms with E-state index in [9.17, 15) is 4.79 Å². The summed E-state index contributed by atoms with van der Waals surface area (Å²) in [6.07, 6.45) is 3.75. The number of hydrogen-bond acceptors (Lipinski definition) is 3. The molecule has 5 nitrogen and oxygen atoms in total. The molecule has 1 amide bonds. The fourth-order valence-corrected chi connectivity index (χ4v) is 2.06. The first-order chi connectivity index (χ1) is 7.65. The number of carbonyl (C=O) groups is 1. The number of nitrogens with zero attached hydrogens (tertiary/aromatic N) is 2. The van der Waals surface area contributed by atoms with E-state index < -0.39 is 0 Å². The molecule has 1 fully saturated rings. The van der Waals surface area contributed by atoms with Crippen LogP contribution in [0, 0.1) is 0 Å². The molecule has 1 aromatic rings. The van der Waals surface area contributed by atoms with Crippen molar-refractivity contribution in [1.29, 1.82) is 0 Å². The highest BCUT2D eigenvalue weighted by atomic mass is 16.2. The van der Waals surface area contributed by atoms with Crippen LogP contribution in [0.5, 0.6) is 0 Å². The van der Waals surface area contributed by atoms with Gasteiger partial charge in [0.15, 0.2) is 0 Å². The highest BCUT2D eigenvalue weighted by molar-refractivity contribution is 5.92. The average molecular weight is 222 g/mol. The lowest BCUT2D eigenvalue weighted by molar-refractivity contribution is 0.0920. The number of aryl methyl sites for hydroxylation is 1. The van der Waals surface area contributed by atoms with Crippen LogP contribution < -0.4 is 10.6 Å². The molecule has 0 spiro atoms. The van der Waals surface area contributed by atoms with Gasteiger partial charge < -0.3 is 10.6 Å². The third-order valence-corrected chi connectivity index (χ3v) is 2.91. The normalized spacial score (nSPS) is 25.4. The molecule has 2 atom stereocenters. The zero-order valence-corrected chi connectivity index (χ0v) is 9.73. The second kappa shape index (κ2) is 4.65. The summed E-state index contributed by atoms with van der Waals surface area (Å²) in [7, 11) is 1.81. The fourth-order valence-electron chi connectivity index (χ4n) is 2.06. The first kappa shape index (κ1) is 11.1. The molecule has 2 N–H and O–H groups in total. The van der Waals surface area contributed by atoms with Crippen molar-refractivity contribution in [2.24, 2.45) is 7.05 Å². The van der Waals surface area contributed by atoms with Crippen LogP contribution in [-0.2, 0) is 7.05 Å². The van der Waals surface area contributed by atoms with Crippen molar-refractivity contribution in [3.05, 3.63) is 18.0 Å². The Morgan fingerprint density at radius 3 is 3.12 bits per heavy atom. The molecule has 1 saturated heterocycles. The van der Waals surface area contributed by atoms with Gasteiger partial charge in [0.2, 0.25) is 0 Å². The quantitative estimate of drug-likeness (QED) is 0.756. The molecule has 0 bridgehead atoms. The van der Waals surface area contributed by atoms with Gasteiger partial charge in [-0.25, -0.2) is 0 Å². The number of carbonyl (C=O) groups excluding carboxylic acids is 1. The van der Waals surface area contributed by atoms with Gasteiger partial charge in [-0.2, -0.15) is 5.10 Å². The van der Waals surface area contributed by atoms with Crippen LogP contribution in [0.3, 0.4) is 0 Å². The Morgan fingerprint density at radius 2 is 2.50 bits per heavy atom. The topological polar surface area (TPSA) is 59.0 Å². The predicted octanol–water partition coefficient (Wildman–Crippen LogP) is 0.290. The summed E-state index contributed by atoms with van der Waals surface area (Å²) in [5, 5.41) is 10.5. The van der Waals surface area contributed by atoms with Crippen molar-refractivity contribution in [3.8, 4) is 0 Å². The van der Waals surface area contributed by atoms with Gasteiger partial charge in [-0.05, 0) is 32.4 Å². The van der Waals surface area contributed by atoms with Crippen LogP contribution in [-0.4, -0.2) is 34.3 Å². The van der Waals surface area contributed by atoms with E-state index in [0.717, 1.165) is 19.4 Å². The molecule has 2 unspecified atom stereocenters. The van der Waals surface area contributed by atoms with Crippen LogP contribution in [0.4, 0.5) is 0 Å². The molecule has 0 saturated carbocycles. The van der Waals surface area contributed by atoms with Crippen molar-refractivity contribution < 1.29 is 4.79 Å². The van der Waals surface area contributed by atoms with Crippen LogP contribution in [0.1, 0.15) is 30.3 Å². The standard InChI is InChI=1S/C11H18N4O/c1-8-7-9(3-5-12-8)13-11(16)10-4-6-15(2)14-10/h4,6,8-9,12H,3,5,7H2,1-2H3,(H,13,16). The molecule has 2 rings (SSSR count). The highest BCUT2D eigenvalue weighted by Crippen LogP contribution is 2.08. The number of nitrogens with one attached hydrogen (secondary N) is 2. The summed E-state index contributed by atoms with van der Waals surface area (Å²) in [6, 6.07) is 2.48. The molecule has 16 heavy (non-hydrogen) atoms. The predicted molar refractivity (Wildman–Crippen MR) is 61.2 cm³/mol. The summed E-state index contributed by atoms with van der Waals surface area (Å²) in [5.74, 6) is -0.0697. The Balaban J connectivity index is 1.92. The molecule has 1 aliphatic rings. The van der Waals surface area contributed by atoms with Gasteiger partial charge >= 0.3 is 0 Å². The van der Waals surface area contributed by atoms with Crippen molar-refractivity contribution in [2.75, 3.05) is 6.54 Å². The number of aromatic nitrogens is 2. The zero-order chi connectivity index (χ0) is 11.5. The minimum atomic E-state index is -0.0697. The van der Waals surface area contributed by atoms with Crippen LogP contribution in [0.25, 0.3) is 0 Å². The fraction of sp³-hybridized carbons (Fsp3) is 0.636. The summed E-state index contributed by atoms with van der Waals surface area (Å²) < 4.78 is 1.64. The lowest BCUT2D eigenvalue weighted by Gasteiger charge is -2.28. The van der Waals surface area contributed by atoms with E-state index in [4.69, 9.17) is 0 Å². The van der Waals surface area contributed by atoms with Crippen LogP contribution in [0.15, 0.2) is 12.3 Å². The Labute approximate surface area is 95.2 Å². The second-order valence-corrected chi connectivity index (χ2v) is 4.42. The first-order valence-corrected chi connectivity index (χ1v) is 5.69. The number of amides is 1. The number of rotatable bonds is 2. The maximum atomic E-state index is 11.8. The molecule has 5 heteroatoms. The lowest BCUT2D eigenvalue weighted by Crippen LogP contribution is -2.46. The monoisotopic (exact) mass is 222 g/mol. The first-order valence-electron chi connectivity index (χ1n) is 5.69. The average Bonchev–Trinajstić information content (AvgIpc) is 2.65. The summed E-state index contributed by atoms with van der Waals surface area (Å²) >= 11 is 0. The molecular weight excluding hydrogens is 204 g/mol. The molecule has 0 aliphatic carbocycles. The van der Waals surface area contributed by atoms with Gasteiger partial charge in [-0.1, -0.05) is 0 Å². The van der Waals surface area contributed by atoms with Gasteiger partial charge in [0.25, 0.3) is 5.91 Å². The smallest absolute Gasteiger partial charge is 0.271 e. The Hall–Kier alpha value is -1.36. The van der Waals surface area contributed by atoms with Gasteiger partial charge in [0, 0.05) is 25.3 Å². The Bertz CT molecular complexity index is 374. The minimum Gasteiger partial charge on any atom is -0.348 e. The largest absolute Gasteiger partial charge is 0.348 e. The van der Waals surface area contributed by atoms with Crippen molar-refractivity contribution in [2.45, 2.75) is 31.8 Å². The lowest BCUT2D eigenvalue weighted by atomic mass is 10.0. The van der Waals surface area contributed by atoms with E-state index in [0.29, 0.717) is 11.7 Å². The summed E-state index contributed by atoms with van der Waals surface area (Å²) in [4.78, 5) is 11.8. The molecular formula is C11H18N4O. The molecule has 2 heterocycles. The maximum Gasteiger partial charge on any atom is 0.271 e. The molecule has 0 radical (unpaired) electrons. The highest BCUT2D eigenvalue weighted by Gasteiger charge is 2.21. The molecule has 88 valence electrons. The van der Waals surface area contributed by atoms with E-state index in [1.54, 1.807) is 16.9 Å². The minimum absolute atomic E-state index is 0.0697. The summed E-state index contributed by atoms with van der Waals surface area (Å²) in [5.41, 5.74) is 0.494. The third-order valence-electron chi connectivity index (χ3n) is 2.91. The van der Waals surface area contributed by atoms with E-state index in [1.807, 2.05) is 7.05 Å². The van der Waals surface area contributed by atoms with Crippen LogP contribution >= 0.6 is 0 Å². The summed E-state index contributed by atoms with van der Waals surface area (Å²) in [6.45, 7) is 3.10. The second-order valence-electron chi connectivity index (χ2n) is 4.42. The van der Waals surface area contributed by atoms with E-state index in [1.165, 1.54) is 0 Å². The molecule has 1 aromatic heterocycles.